The number of rotatable bonds is 12. The number of nitrogens with two attached hydrogens (primary N) is 1. The molecule has 0 amide bonds. The maximum Gasteiger partial charge on any atom is 0.323 e. The van der Waals surface area contributed by atoms with Crippen molar-refractivity contribution >= 4 is 17.6 Å². The second kappa shape index (κ2) is 12.8. The minimum absolute atomic E-state index is 0.0658. The molecule has 0 aliphatic heterocycles. The van der Waals surface area contributed by atoms with Crippen LogP contribution in [0.15, 0.2) is 54.7 Å². The largest absolute Gasteiger partial charge is 0.461 e. The molecule has 1 fully saturated rings. The van der Waals surface area contributed by atoms with Gasteiger partial charge in [0.2, 0.25) is 0 Å². The Labute approximate surface area is 223 Å². The Morgan fingerprint density at radius 1 is 1.16 bits per heavy atom. The Balaban J connectivity index is 1.34. The van der Waals surface area contributed by atoms with Crippen LogP contribution in [0.25, 0.3) is 5.69 Å². The van der Waals surface area contributed by atoms with E-state index in [0.29, 0.717) is 29.3 Å². The molecule has 7 nitrogen and oxygen atoms in total. The fourth-order valence-electron chi connectivity index (χ4n) is 4.90. The summed E-state index contributed by atoms with van der Waals surface area (Å²) >= 11 is 0. The fraction of sp³-hybridized carbons (Fsp3) is 0.433. The van der Waals surface area contributed by atoms with Crippen LogP contribution in [0.4, 0.5) is 10.2 Å². The average Bonchev–Trinajstić information content (AvgIpc) is 3.55. The van der Waals surface area contributed by atoms with Gasteiger partial charge in [0.15, 0.2) is 5.78 Å². The SMILES string of the molecule is CC(C)C[C@H](NCCCc1cccc(C(=O)c2cnn(-c3ccc(F)cc3)c2N)c1)C(=O)OC1CCCC1. The number of ether oxygens (including phenoxy) is 1. The van der Waals surface area contributed by atoms with Gasteiger partial charge in [-0.2, -0.15) is 5.10 Å². The summed E-state index contributed by atoms with van der Waals surface area (Å²) in [5, 5.41) is 7.63. The molecule has 1 aliphatic carbocycles. The maximum absolute atomic E-state index is 13.3. The van der Waals surface area contributed by atoms with E-state index in [1.54, 1.807) is 18.2 Å². The first-order valence-corrected chi connectivity index (χ1v) is 13.5. The molecule has 2 aromatic carbocycles. The van der Waals surface area contributed by atoms with Gasteiger partial charge in [0, 0.05) is 5.56 Å². The van der Waals surface area contributed by atoms with Crippen molar-refractivity contribution in [3.05, 3.63) is 77.2 Å². The Morgan fingerprint density at radius 3 is 2.61 bits per heavy atom. The van der Waals surface area contributed by atoms with E-state index in [0.717, 1.165) is 50.5 Å². The van der Waals surface area contributed by atoms with Gasteiger partial charge in [0.25, 0.3) is 0 Å². The molecular formula is C30H37FN4O3. The molecule has 1 aromatic heterocycles. The number of halogens is 1. The molecule has 0 bridgehead atoms. The molecule has 0 radical (unpaired) electrons. The van der Waals surface area contributed by atoms with Crippen molar-refractivity contribution in [3.8, 4) is 5.69 Å². The molecule has 3 N–H and O–H groups in total. The number of nitrogen functional groups attached to an aromatic ring is 1. The topological polar surface area (TPSA) is 99.2 Å². The molecule has 3 aromatic rings. The Kier molecular flexibility index (Phi) is 9.29. The molecule has 1 aliphatic rings. The minimum atomic E-state index is -0.359. The summed E-state index contributed by atoms with van der Waals surface area (Å²) in [6, 6.07) is 12.9. The van der Waals surface area contributed by atoms with E-state index in [4.69, 9.17) is 10.5 Å². The lowest BCUT2D eigenvalue weighted by Crippen LogP contribution is -2.41. The molecule has 38 heavy (non-hydrogen) atoms. The summed E-state index contributed by atoms with van der Waals surface area (Å²) in [4.78, 5) is 25.9. The first kappa shape index (κ1) is 27.5. The molecule has 4 rings (SSSR count). The molecule has 0 unspecified atom stereocenters. The molecule has 1 saturated carbocycles. The number of ketones is 1. The zero-order valence-corrected chi connectivity index (χ0v) is 22.2. The lowest BCUT2D eigenvalue weighted by atomic mass is 10.0. The van der Waals surface area contributed by atoms with Crippen LogP contribution < -0.4 is 11.1 Å². The van der Waals surface area contributed by atoms with Gasteiger partial charge in [-0.05, 0) is 93.3 Å². The summed E-state index contributed by atoms with van der Waals surface area (Å²) in [6.45, 7) is 4.89. The highest BCUT2D eigenvalue weighted by Crippen LogP contribution is 2.23. The van der Waals surface area contributed by atoms with Crippen LogP contribution in [-0.2, 0) is 16.0 Å². The van der Waals surface area contributed by atoms with Gasteiger partial charge in [-0.25, -0.2) is 9.07 Å². The third-order valence-corrected chi connectivity index (χ3v) is 6.92. The normalized spacial score (nSPS) is 14.6. The summed E-state index contributed by atoms with van der Waals surface area (Å²) in [6.07, 6.45) is 8.01. The van der Waals surface area contributed by atoms with Crippen LogP contribution in [0.5, 0.6) is 0 Å². The second-order valence-corrected chi connectivity index (χ2v) is 10.4. The molecule has 8 heteroatoms. The first-order chi connectivity index (χ1) is 18.3. The molecule has 0 saturated heterocycles. The van der Waals surface area contributed by atoms with Gasteiger partial charge in [0.1, 0.15) is 23.8 Å². The van der Waals surface area contributed by atoms with Crippen LogP contribution in [0.1, 0.15) is 73.9 Å². The van der Waals surface area contributed by atoms with E-state index in [1.807, 2.05) is 18.2 Å². The number of esters is 1. The quantitative estimate of drug-likeness (QED) is 0.192. The zero-order chi connectivity index (χ0) is 27.1. The lowest BCUT2D eigenvalue weighted by Gasteiger charge is -2.21. The predicted octanol–water partition coefficient (Wildman–Crippen LogP) is 5.25. The summed E-state index contributed by atoms with van der Waals surface area (Å²) in [5.41, 5.74) is 8.65. The number of benzene rings is 2. The van der Waals surface area contributed by atoms with Crippen molar-refractivity contribution in [2.24, 2.45) is 5.92 Å². The van der Waals surface area contributed by atoms with Crippen molar-refractivity contribution in [2.45, 2.75) is 70.9 Å². The van der Waals surface area contributed by atoms with Crippen molar-refractivity contribution < 1.29 is 18.7 Å². The van der Waals surface area contributed by atoms with Gasteiger partial charge < -0.3 is 15.8 Å². The highest BCUT2D eigenvalue weighted by molar-refractivity contribution is 6.11. The van der Waals surface area contributed by atoms with Gasteiger partial charge >= 0.3 is 5.97 Å². The van der Waals surface area contributed by atoms with Crippen LogP contribution in [-0.4, -0.2) is 40.2 Å². The van der Waals surface area contributed by atoms with Crippen molar-refractivity contribution in [3.63, 3.8) is 0 Å². The molecule has 1 heterocycles. The standard InChI is InChI=1S/C30H37FN4O3/c1-20(2)17-27(30(37)38-25-10-3-4-11-25)33-16-6-8-21-7-5-9-22(18-21)28(36)26-19-34-35(29(26)32)24-14-12-23(31)13-15-24/h5,7,9,12-15,18-20,25,27,33H,3-4,6,8,10-11,16-17,32H2,1-2H3/t27-/m0/s1. The van der Waals surface area contributed by atoms with E-state index in [-0.39, 0.29) is 35.5 Å². The van der Waals surface area contributed by atoms with Gasteiger partial charge in [-0.3, -0.25) is 9.59 Å². The minimum Gasteiger partial charge on any atom is -0.461 e. The number of carbonyl (C=O) groups excluding carboxylic acids is 2. The highest BCUT2D eigenvalue weighted by Gasteiger charge is 2.26. The maximum atomic E-state index is 13.3. The predicted molar refractivity (Wildman–Crippen MR) is 146 cm³/mol. The number of anilines is 1. The number of nitrogens with zero attached hydrogens (tertiary/aromatic N) is 2. The van der Waals surface area contributed by atoms with Crippen molar-refractivity contribution in [1.82, 2.24) is 15.1 Å². The molecule has 202 valence electrons. The van der Waals surface area contributed by atoms with E-state index in [1.165, 1.54) is 23.0 Å². The van der Waals surface area contributed by atoms with Gasteiger partial charge in [-0.15, -0.1) is 0 Å². The number of hydrogen-bond donors (Lipinski definition) is 2. The number of hydrogen-bond acceptors (Lipinski definition) is 6. The van der Waals surface area contributed by atoms with Crippen LogP contribution in [0, 0.1) is 11.7 Å². The number of aryl methyl sites for hydroxylation is 1. The molecule has 0 spiro atoms. The summed E-state index contributed by atoms with van der Waals surface area (Å²) in [7, 11) is 0. The Bertz CT molecular complexity index is 1230. The van der Waals surface area contributed by atoms with E-state index >= 15 is 0 Å². The van der Waals surface area contributed by atoms with E-state index in [9.17, 15) is 14.0 Å². The third kappa shape index (κ3) is 7.07. The number of nitrogens with one attached hydrogen (secondary N) is 1. The van der Waals surface area contributed by atoms with Crippen LogP contribution in [0.3, 0.4) is 0 Å². The number of carbonyl (C=O) groups is 2. The van der Waals surface area contributed by atoms with Gasteiger partial charge in [-0.1, -0.05) is 32.0 Å². The lowest BCUT2D eigenvalue weighted by molar-refractivity contribution is -0.151. The second-order valence-electron chi connectivity index (χ2n) is 10.4. The smallest absolute Gasteiger partial charge is 0.323 e. The Hall–Kier alpha value is -3.52. The van der Waals surface area contributed by atoms with E-state index in [2.05, 4.69) is 24.3 Å². The molecule has 1 atom stereocenters. The first-order valence-electron chi connectivity index (χ1n) is 13.5. The third-order valence-electron chi connectivity index (χ3n) is 6.92. The van der Waals surface area contributed by atoms with Crippen molar-refractivity contribution in [2.75, 3.05) is 12.3 Å². The zero-order valence-electron chi connectivity index (χ0n) is 22.2. The number of aromatic nitrogens is 2. The van der Waals surface area contributed by atoms with Crippen molar-refractivity contribution in [1.29, 1.82) is 0 Å². The summed E-state index contributed by atoms with van der Waals surface area (Å²) in [5.74, 6) is -0.134. The molecular weight excluding hydrogens is 483 g/mol. The average molecular weight is 521 g/mol. The van der Waals surface area contributed by atoms with Gasteiger partial charge in [0.05, 0.1) is 17.4 Å². The van der Waals surface area contributed by atoms with Crippen LogP contribution >= 0.6 is 0 Å². The Morgan fingerprint density at radius 2 is 1.89 bits per heavy atom. The van der Waals surface area contributed by atoms with E-state index < -0.39 is 0 Å². The fourth-order valence-corrected chi connectivity index (χ4v) is 4.90. The van der Waals surface area contributed by atoms with Crippen LogP contribution in [0.2, 0.25) is 0 Å². The summed E-state index contributed by atoms with van der Waals surface area (Å²) < 4.78 is 20.4. The monoisotopic (exact) mass is 520 g/mol. The highest BCUT2D eigenvalue weighted by atomic mass is 19.1.